The van der Waals surface area contributed by atoms with Gasteiger partial charge in [-0.05, 0) is 120 Å². The Balaban J connectivity index is 0.000000135. The molecule has 2 aromatic carbocycles. The Hall–Kier alpha value is -2.37. The van der Waals surface area contributed by atoms with Gasteiger partial charge in [0.2, 0.25) is 0 Å². The van der Waals surface area contributed by atoms with Gasteiger partial charge in [0, 0.05) is 46.9 Å². The van der Waals surface area contributed by atoms with Crippen LogP contribution in [0, 0.1) is 25.7 Å². The van der Waals surface area contributed by atoms with Gasteiger partial charge >= 0.3 is 0 Å². The van der Waals surface area contributed by atoms with Crippen molar-refractivity contribution in [1.82, 2.24) is 9.80 Å². The van der Waals surface area contributed by atoms with E-state index in [0.29, 0.717) is 41.7 Å². The number of carbonyl (C=O) groups excluding carboxylic acids is 1. The fourth-order valence-corrected chi connectivity index (χ4v) is 10.6. The first-order valence-corrected chi connectivity index (χ1v) is 16.2. The van der Waals surface area contributed by atoms with Crippen LogP contribution < -0.4 is 0 Å². The summed E-state index contributed by atoms with van der Waals surface area (Å²) in [5.41, 5.74) is 7.31. The minimum absolute atomic E-state index is 0.101. The highest BCUT2D eigenvalue weighted by molar-refractivity contribution is 5.82. The number of phenols is 2. The van der Waals surface area contributed by atoms with Crippen LogP contribution in [-0.2, 0) is 28.5 Å². The average Bonchev–Trinajstić information content (AvgIpc) is 2.96. The Morgan fingerprint density at radius 2 is 1.27 bits per heavy atom. The SMILES string of the molecule is Cc1ccc2c(c1O)[C@@]13CCCCC1[C@@H](C2)N(C)CC3.Cc1ccc2c(c1O)[C@]13CCN(C)[C@H](C2)C1CCC(=O)C3. The standard InChI is InChI=1S/C18H23NO2.C18H25NO/c1-11-3-4-12-9-15-14-6-5-13(20)10-18(14,7-8-19(15)2)16(12)17(11)21;1-12-6-7-13-11-15-14-5-3-4-8-18(14,9-10-19(15)2)16(13)17(12)20/h3-4,14-15,21H,5-10H2,1-2H3;6-7,14-15,20H,3-5,8-11H2,1-2H3/t14?,15-,18+;14?,15-,18-/m11/s1. The number of Topliss-reactive ketones (excluding diaryl/α,β-unsaturated/α-hetero) is 1. The zero-order chi connectivity index (χ0) is 28.7. The van der Waals surface area contributed by atoms with Gasteiger partial charge in [0.05, 0.1) is 0 Å². The summed E-state index contributed by atoms with van der Waals surface area (Å²) in [7, 11) is 4.51. The summed E-state index contributed by atoms with van der Waals surface area (Å²) in [6.07, 6.45) is 12.1. The molecule has 2 aromatic rings. The Labute approximate surface area is 245 Å². The van der Waals surface area contributed by atoms with Crippen molar-refractivity contribution in [3.8, 4) is 11.5 Å². The van der Waals surface area contributed by atoms with E-state index in [2.05, 4.69) is 42.1 Å². The topological polar surface area (TPSA) is 64.0 Å². The van der Waals surface area contributed by atoms with E-state index in [0.717, 1.165) is 61.3 Å². The zero-order valence-electron chi connectivity index (χ0n) is 25.5. The Morgan fingerprint density at radius 3 is 1.88 bits per heavy atom. The van der Waals surface area contributed by atoms with Gasteiger partial charge in [-0.15, -0.1) is 0 Å². The van der Waals surface area contributed by atoms with E-state index in [-0.39, 0.29) is 10.8 Å². The molecular weight excluding hydrogens is 508 g/mol. The maximum absolute atomic E-state index is 12.2. The molecule has 4 aliphatic carbocycles. The minimum atomic E-state index is -0.101. The number of hydrogen-bond donors (Lipinski definition) is 2. The third kappa shape index (κ3) is 3.97. The molecule has 0 aromatic heterocycles. The van der Waals surface area contributed by atoms with Crippen molar-refractivity contribution in [1.29, 1.82) is 0 Å². The van der Waals surface area contributed by atoms with Crippen LogP contribution in [0.15, 0.2) is 24.3 Å². The number of aromatic hydroxyl groups is 2. The van der Waals surface area contributed by atoms with Gasteiger partial charge in [-0.3, -0.25) is 4.79 Å². The van der Waals surface area contributed by atoms with Crippen LogP contribution in [0.4, 0.5) is 0 Å². The maximum Gasteiger partial charge on any atom is 0.133 e. The fraction of sp³-hybridized carbons (Fsp3) is 0.639. The lowest BCUT2D eigenvalue weighted by Crippen LogP contribution is -2.60. The van der Waals surface area contributed by atoms with Gasteiger partial charge in [0.15, 0.2) is 0 Å². The Bertz CT molecular complexity index is 1390. The molecule has 41 heavy (non-hydrogen) atoms. The molecule has 5 heteroatoms. The summed E-state index contributed by atoms with van der Waals surface area (Å²) in [5, 5.41) is 21.5. The largest absolute Gasteiger partial charge is 0.507 e. The van der Waals surface area contributed by atoms with Crippen LogP contribution in [0.3, 0.4) is 0 Å². The molecule has 2 unspecified atom stereocenters. The second-order valence-electron chi connectivity index (χ2n) is 14.6. The third-order valence-electron chi connectivity index (χ3n) is 12.7. The summed E-state index contributed by atoms with van der Waals surface area (Å²) >= 11 is 0. The van der Waals surface area contributed by atoms with Crippen LogP contribution >= 0.6 is 0 Å². The predicted octanol–water partition coefficient (Wildman–Crippen LogP) is 5.96. The number of nitrogens with zero attached hydrogens (tertiary/aromatic N) is 2. The van der Waals surface area contributed by atoms with Gasteiger partial charge in [-0.2, -0.15) is 0 Å². The molecule has 2 N–H and O–H groups in total. The van der Waals surface area contributed by atoms with Crippen molar-refractivity contribution < 1.29 is 15.0 Å². The molecule has 0 spiro atoms. The highest BCUT2D eigenvalue weighted by Gasteiger charge is 2.56. The quantitative estimate of drug-likeness (QED) is 0.420. The van der Waals surface area contributed by atoms with E-state index in [1.165, 1.54) is 55.3 Å². The monoisotopic (exact) mass is 556 g/mol. The number of likely N-dealkylation sites (tertiary alicyclic amines) is 2. The van der Waals surface area contributed by atoms with Crippen LogP contribution in [0.25, 0.3) is 0 Å². The van der Waals surface area contributed by atoms with Gasteiger partial charge in [-0.1, -0.05) is 37.1 Å². The summed E-state index contributed by atoms with van der Waals surface area (Å²) < 4.78 is 0. The molecule has 0 radical (unpaired) electrons. The minimum Gasteiger partial charge on any atom is -0.507 e. The smallest absolute Gasteiger partial charge is 0.133 e. The van der Waals surface area contributed by atoms with Crippen molar-refractivity contribution in [2.24, 2.45) is 11.8 Å². The second-order valence-corrected chi connectivity index (χ2v) is 14.6. The molecule has 8 rings (SSSR count). The van der Waals surface area contributed by atoms with Gasteiger partial charge in [0.1, 0.15) is 17.3 Å². The molecule has 220 valence electrons. The van der Waals surface area contributed by atoms with Crippen LogP contribution in [0.2, 0.25) is 0 Å². The lowest BCUT2D eigenvalue weighted by atomic mass is 9.52. The molecule has 2 saturated carbocycles. The van der Waals surface area contributed by atoms with Crippen molar-refractivity contribution >= 4 is 5.78 Å². The number of phenolic OH excluding ortho intramolecular Hbond substituents is 2. The zero-order valence-corrected chi connectivity index (χ0v) is 25.5. The maximum atomic E-state index is 12.2. The summed E-state index contributed by atoms with van der Waals surface area (Å²) in [4.78, 5) is 17.3. The van der Waals surface area contributed by atoms with Crippen molar-refractivity contribution in [2.45, 2.75) is 107 Å². The Kier molecular flexibility index (Phi) is 6.59. The van der Waals surface area contributed by atoms with Crippen LogP contribution in [0.1, 0.15) is 91.2 Å². The van der Waals surface area contributed by atoms with E-state index in [9.17, 15) is 15.0 Å². The van der Waals surface area contributed by atoms with Crippen LogP contribution in [-0.4, -0.2) is 65.1 Å². The van der Waals surface area contributed by atoms with Crippen molar-refractivity contribution in [3.63, 3.8) is 0 Å². The molecule has 6 atom stereocenters. The predicted molar refractivity (Wildman–Crippen MR) is 163 cm³/mol. The lowest BCUT2D eigenvalue weighted by Gasteiger charge is -2.58. The first-order valence-electron chi connectivity index (χ1n) is 16.2. The molecule has 2 aliphatic heterocycles. The normalized spacial score (nSPS) is 35.8. The molecule has 6 aliphatic rings. The van der Waals surface area contributed by atoms with E-state index in [4.69, 9.17) is 0 Å². The van der Waals surface area contributed by atoms with Gasteiger partial charge in [-0.25, -0.2) is 0 Å². The van der Waals surface area contributed by atoms with E-state index >= 15 is 0 Å². The highest BCUT2D eigenvalue weighted by atomic mass is 16.3. The summed E-state index contributed by atoms with van der Waals surface area (Å²) in [5.74, 6) is 2.72. The number of benzene rings is 2. The molecule has 5 nitrogen and oxygen atoms in total. The highest BCUT2D eigenvalue weighted by Crippen LogP contribution is 2.59. The number of likely N-dealkylation sites (N-methyl/N-ethyl adjacent to an activating group) is 2. The lowest BCUT2D eigenvalue weighted by molar-refractivity contribution is -0.126. The number of rotatable bonds is 0. The average molecular weight is 557 g/mol. The van der Waals surface area contributed by atoms with Gasteiger partial charge < -0.3 is 20.0 Å². The van der Waals surface area contributed by atoms with E-state index in [1.54, 1.807) is 0 Å². The first-order chi connectivity index (χ1) is 19.7. The molecule has 4 fully saturated rings. The number of ketones is 1. The summed E-state index contributed by atoms with van der Waals surface area (Å²) in [6, 6.07) is 9.80. The molecule has 2 saturated heterocycles. The van der Waals surface area contributed by atoms with Crippen LogP contribution in [0.5, 0.6) is 11.5 Å². The van der Waals surface area contributed by atoms with E-state index in [1.807, 2.05) is 19.9 Å². The fourth-order valence-electron chi connectivity index (χ4n) is 10.6. The number of piperidine rings is 2. The summed E-state index contributed by atoms with van der Waals surface area (Å²) in [6.45, 7) is 6.23. The van der Waals surface area contributed by atoms with Crippen molar-refractivity contribution in [3.05, 3.63) is 57.6 Å². The van der Waals surface area contributed by atoms with Gasteiger partial charge in [0.25, 0.3) is 0 Å². The van der Waals surface area contributed by atoms with E-state index < -0.39 is 0 Å². The van der Waals surface area contributed by atoms with Crippen molar-refractivity contribution in [2.75, 3.05) is 27.2 Å². The number of hydrogen-bond acceptors (Lipinski definition) is 5. The third-order valence-corrected chi connectivity index (χ3v) is 12.7. The Morgan fingerprint density at radius 1 is 0.732 bits per heavy atom. The first kappa shape index (κ1) is 27.5. The molecule has 0 amide bonds. The molecule has 4 bridgehead atoms. The second kappa shape index (κ2) is 9.84. The molecular formula is C36H48N2O3. The number of aryl methyl sites for hydroxylation is 2. The molecule has 2 heterocycles. The number of fused-ring (bicyclic) bond motifs is 2. The number of carbonyl (C=O) groups is 1.